The van der Waals surface area contributed by atoms with Crippen LogP contribution in [0.2, 0.25) is 0 Å². The molecule has 4 N–H and O–H groups in total. The van der Waals surface area contributed by atoms with E-state index in [1.807, 2.05) is 5.43 Å². The Morgan fingerprint density at radius 1 is 1.45 bits per heavy atom. The van der Waals surface area contributed by atoms with Gasteiger partial charge in [-0.05, 0) is 30.4 Å². The van der Waals surface area contributed by atoms with E-state index in [-0.39, 0.29) is 5.56 Å². The van der Waals surface area contributed by atoms with E-state index in [0.717, 1.165) is 12.5 Å². The van der Waals surface area contributed by atoms with Crippen LogP contribution in [0.15, 0.2) is 18.2 Å². The van der Waals surface area contributed by atoms with Crippen LogP contribution in [0.1, 0.15) is 29.3 Å². The van der Waals surface area contributed by atoms with Gasteiger partial charge in [-0.25, -0.2) is 0 Å². The number of anilines is 1. The summed E-state index contributed by atoms with van der Waals surface area (Å²) in [6, 6.07) is 3.39. The fourth-order valence-electron chi connectivity index (χ4n) is 2.14. The summed E-state index contributed by atoms with van der Waals surface area (Å²) in [6.45, 7) is 2.54. The summed E-state index contributed by atoms with van der Waals surface area (Å²) in [5.41, 5.74) is 0.529. The lowest BCUT2D eigenvalue weighted by Gasteiger charge is -2.16. The molecule has 110 valence electrons. The highest BCUT2D eigenvalue weighted by atomic mass is 19.4. The van der Waals surface area contributed by atoms with Crippen LogP contribution < -0.4 is 16.6 Å². The molecule has 0 spiro atoms. The first-order chi connectivity index (χ1) is 9.34. The van der Waals surface area contributed by atoms with Crippen molar-refractivity contribution in [1.82, 2.24) is 5.32 Å². The van der Waals surface area contributed by atoms with Gasteiger partial charge >= 0.3 is 6.18 Å². The lowest BCUT2D eigenvalue weighted by molar-refractivity contribution is -0.137. The first-order valence-corrected chi connectivity index (χ1v) is 6.29. The van der Waals surface area contributed by atoms with Crippen molar-refractivity contribution >= 4 is 11.6 Å². The lowest BCUT2D eigenvalue weighted by atomic mass is 10.1. The fourth-order valence-corrected chi connectivity index (χ4v) is 2.14. The molecule has 0 radical (unpaired) electrons. The fraction of sp³-hybridized carbons (Fsp3) is 0.462. The molecule has 1 aromatic carbocycles. The Kier molecular flexibility index (Phi) is 3.89. The Bertz CT molecular complexity index is 516. The van der Waals surface area contributed by atoms with Gasteiger partial charge in [0.05, 0.1) is 16.8 Å². The Hall–Kier alpha value is -1.76. The molecule has 1 saturated carbocycles. The van der Waals surface area contributed by atoms with Gasteiger partial charge in [0, 0.05) is 6.54 Å². The molecule has 1 aliphatic carbocycles. The van der Waals surface area contributed by atoms with Crippen LogP contribution in [0.5, 0.6) is 0 Å². The smallest absolute Gasteiger partial charge is 0.352 e. The number of nitrogens with one attached hydrogen (secondary N) is 2. The van der Waals surface area contributed by atoms with Crippen LogP contribution in [0.3, 0.4) is 0 Å². The van der Waals surface area contributed by atoms with E-state index in [0.29, 0.717) is 18.4 Å². The summed E-state index contributed by atoms with van der Waals surface area (Å²) < 4.78 is 38.5. The molecule has 1 fully saturated rings. The number of carbonyl (C=O) groups is 1. The van der Waals surface area contributed by atoms with Gasteiger partial charge in [0.2, 0.25) is 0 Å². The number of nitrogens with two attached hydrogens (primary N) is 1. The Morgan fingerprint density at radius 2 is 2.10 bits per heavy atom. The number of benzene rings is 1. The zero-order valence-corrected chi connectivity index (χ0v) is 10.9. The highest BCUT2D eigenvalue weighted by Crippen LogP contribution is 2.38. The molecule has 1 aromatic rings. The maximum atomic E-state index is 12.8. The van der Waals surface area contributed by atoms with E-state index in [1.54, 1.807) is 0 Å². The van der Waals surface area contributed by atoms with Crippen molar-refractivity contribution in [3.05, 3.63) is 29.3 Å². The van der Waals surface area contributed by atoms with Crippen molar-refractivity contribution in [2.24, 2.45) is 17.7 Å². The monoisotopic (exact) mass is 287 g/mol. The number of alkyl halides is 3. The number of nitrogen functional groups attached to an aromatic ring is 1. The highest BCUT2D eigenvalue weighted by Gasteiger charge is 2.36. The van der Waals surface area contributed by atoms with Crippen molar-refractivity contribution < 1.29 is 18.0 Å². The molecule has 0 heterocycles. The lowest BCUT2D eigenvalue weighted by Crippen LogP contribution is -2.28. The number of hydrogen-bond donors (Lipinski definition) is 3. The minimum absolute atomic E-state index is 0.101. The molecule has 4 nitrogen and oxygen atoms in total. The van der Waals surface area contributed by atoms with E-state index >= 15 is 0 Å². The number of halogens is 3. The Balaban J connectivity index is 2.20. The third kappa shape index (κ3) is 3.04. The molecule has 0 bridgehead atoms. The SMILES string of the molecule is CC1CC1CNC(=O)c1cccc(C(F)(F)F)c1NN. The van der Waals surface area contributed by atoms with Crippen molar-refractivity contribution in [2.75, 3.05) is 12.0 Å². The van der Waals surface area contributed by atoms with Crippen molar-refractivity contribution in [1.29, 1.82) is 0 Å². The quantitative estimate of drug-likeness (QED) is 0.588. The van der Waals surface area contributed by atoms with Gasteiger partial charge in [-0.15, -0.1) is 0 Å². The van der Waals surface area contributed by atoms with Gasteiger partial charge in [0.25, 0.3) is 5.91 Å². The summed E-state index contributed by atoms with van der Waals surface area (Å²) in [6.07, 6.45) is -3.53. The molecular weight excluding hydrogens is 271 g/mol. The Labute approximate surface area is 114 Å². The van der Waals surface area contributed by atoms with Crippen LogP contribution in [-0.4, -0.2) is 12.5 Å². The van der Waals surface area contributed by atoms with Gasteiger partial charge in [0.1, 0.15) is 0 Å². The zero-order chi connectivity index (χ0) is 14.9. The maximum Gasteiger partial charge on any atom is 0.418 e. The van der Waals surface area contributed by atoms with E-state index in [4.69, 9.17) is 5.84 Å². The van der Waals surface area contributed by atoms with Crippen LogP contribution in [-0.2, 0) is 6.18 Å². The van der Waals surface area contributed by atoms with E-state index in [2.05, 4.69) is 12.2 Å². The Morgan fingerprint density at radius 3 is 2.60 bits per heavy atom. The number of carbonyl (C=O) groups excluding carboxylic acids is 1. The first-order valence-electron chi connectivity index (χ1n) is 6.29. The zero-order valence-electron chi connectivity index (χ0n) is 10.9. The summed E-state index contributed by atoms with van der Waals surface area (Å²) in [7, 11) is 0. The normalized spacial score (nSPS) is 21.4. The number of hydrogen-bond acceptors (Lipinski definition) is 3. The van der Waals surface area contributed by atoms with Crippen LogP contribution in [0.25, 0.3) is 0 Å². The van der Waals surface area contributed by atoms with E-state index < -0.39 is 23.3 Å². The predicted molar refractivity (Wildman–Crippen MR) is 68.9 cm³/mol. The minimum Gasteiger partial charge on any atom is -0.352 e. The second-order valence-electron chi connectivity index (χ2n) is 5.05. The third-order valence-electron chi connectivity index (χ3n) is 3.56. The molecule has 1 aliphatic rings. The standard InChI is InChI=1S/C13H16F3N3O/c1-7-5-8(7)6-18-12(20)9-3-2-4-10(11(9)19-17)13(14,15)16/h2-4,7-8,19H,5-6,17H2,1H3,(H,18,20). The number of rotatable bonds is 4. The number of hydrazine groups is 1. The minimum atomic E-state index is -4.57. The molecule has 1 amide bonds. The van der Waals surface area contributed by atoms with E-state index in [9.17, 15) is 18.0 Å². The number of amides is 1. The second-order valence-corrected chi connectivity index (χ2v) is 5.05. The topological polar surface area (TPSA) is 67.2 Å². The molecular formula is C13H16F3N3O. The predicted octanol–water partition coefficient (Wildman–Crippen LogP) is 2.38. The van der Waals surface area contributed by atoms with Crippen molar-refractivity contribution in [3.8, 4) is 0 Å². The largest absolute Gasteiger partial charge is 0.418 e. The van der Waals surface area contributed by atoms with Gasteiger partial charge in [-0.2, -0.15) is 13.2 Å². The molecule has 2 atom stereocenters. The van der Waals surface area contributed by atoms with Crippen molar-refractivity contribution in [2.45, 2.75) is 19.5 Å². The van der Waals surface area contributed by atoms with Gasteiger partial charge in [-0.1, -0.05) is 13.0 Å². The van der Waals surface area contributed by atoms with Crippen molar-refractivity contribution in [3.63, 3.8) is 0 Å². The molecule has 7 heteroatoms. The summed E-state index contributed by atoms with van der Waals surface area (Å²) >= 11 is 0. The average molecular weight is 287 g/mol. The van der Waals surface area contributed by atoms with Gasteiger partial charge < -0.3 is 10.7 Å². The van der Waals surface area contributed by atoms with Gasteiger partial charge in [-0.3, -0.25) is 10.6 Å². The molecule has 2 unspecified atom stereocenters. The van der Waals surface area contributed by atoms with Crippen LogP contribution >= 0.6 is 0 Å². The summed E-state index contributed by atoms with van der Waals surface area (Å²) in [4.78, 5) is 12.0. The maximum absolute atomic E-state index is 12.8. The third-order valence-corrected chi connectivity index (χ3v) is 3.56. The first kappa shape index (κ1) is 14.6. The molecule has 0 aromatic heterocycles. The second kappa shape index (κ2) is 5.32. The number of para-hydroxylation sites is 1. The summed E-state index contributed by atoms with van der Waals surface area (Å²) in [5.74, 6) is 5.57. The summed E-state index contributed by atoms with van der Waals surface area (Å²) in [5, 5.41) is 2.64. The molecule has 2 rings (SSSR count). The average Bonchev–Trinajstić information content (AvgIpc) is 3.10. The van der Waals surface area contributed by atoms with Crippen LogP contribution in [0, 0.1) is 11.8 Å². The highest BCUT2D eigenvalue weighted by molar-refractivity contribution is 6.00. The van der Waals surface area contributed by atoms with Crippen LogP contribution in [0.4, 0.5) is 18.9 Å². The molecule has 0 saturated heterocycles. The van der Waals surface area contributed by atoms with E-state index in [1.165, 1.54) is 12.1 Å². The molecule has 20 heavy (non-hydrogen) atoms. The van der Waals surface area contributed by atoms with Gasteiger partial charge in [0.15, 0.2) is 0 Å². The molecule has 0 aliphatic heterocycles.